The normalized spacial score (nSPS) is 22.8. The highest BCUT2D eigenvalue weighted by molar-refractivity contribution is 7.80. The molecular formula is C15H22N2S. The van der Waals surface area contributed by atoms with E-state index in [9.17, 15) is 0 Å². The van der Waals surface area contributed by atoms with Gasteiger partial charge in [0.2, 0.25) is 0 Å². The van der Waals surface area contributed by atoms with Crippen LogP contribution in [0.1, 0.15) is 38.7 Å². The van der Waals surface area contributed by atoms with Crippen LogP contribution < -0.4 is 10.6 Å². The molecule has 98 valence electrons. The third kappa shape index (κ3) is 3.70. The van der Waals surface area contributed by atoms with Gasteiger partial charge in [0.05, 0.1) is 0 Å². The zero-order valence-electron chi connectivity index (χ0n) is 11.2. The number of benzene rings is 1. The number of hydrogen-bond acceptors (Lipinski definition) is 1. The van der Waals surface area contributed by atoms with Crippen LogP contribution in [0, 0.1) is 5.92 Å². The highest BCUT2D eigenvalue weighted by Gasteiger charge is 2.21. The van der Waals surface area contributed by atoms with Gasteiger partial charge < -0.3 is 10.6 Å². The molecule has 1 aliphatic carbocycles. The maximum atomic E-state index is 5.35. The second-order valence-corrected chi connectivity index (χ2v) is 5.67. The number of nitrogens with one attached hydrogen (secondary N) is 2. The third-order valence-electron chi connectivity index (χ3n) is 3.65. The van der Waals surface area contributed by atoms with Crippen LogP contribution in [0.2, 0.25) is 0 Å². The molecule has 1 aromatic rings. The molecule has 0 aliphatic heterocycles. The Morgan fingerprint density at radius 1 is 1.28 bits per heavy atom. The Labute approximate surface area is 115 Å². The summed E-state index contributed by atoms with van der Waals surface area (Å²) in [5.41, 5.74) is 2.42. The van der Waals surface area contributed by atoms with Crippen LogP contribution in [0.3, 0.4) is 0 Å². The minimum atomic E-state index is 0.551. The summed E-state index contributed by atoms with van der Waals surface area (Å²) >= 11 is 5.35. The third-order valence-corrected chi connectivity index (χ3v) is 3.87. The molecule has 1 fully saturated rings. The highest BCUT2D eigenvalue weighted by atomic mass is 32.1. The lowest BCUT2D eigenvalue weighted by Crippen LogP contribution is -2.36. The number of anilines is 1. The fourth-order valence-electron chi connectivity index (χ4n) is 2.51. The lowest BCUT2D eigenvalue weighted by Gasteiger charge is -2.16. The van der Waals surface area contributed by atoms with Crippen molar-refractivity contribution in [2.75, 3.05) is 5.32 Å². The van der Waals surface area contributed by atoms with Gasteiger partial charge in [-0.05, 0) is 61.5 Å². The predicted molar refractivity (Wildman–Crippen MR) is 82.0 cm³/mol. The van der Waals surface area contributed by atoms with Crippen LogP contribution in [-0.2, 0) is 6.42 Å². The molecule has 0 bridgehead atoms. The van der Waals surface area contributed by atoms with Crippen LogP contribution in [0.5, 0.6) is 0 Å². The van der Waals surface area contributed by atoms with E-state index in [1.165, 1.54) is 24.8 Å². The number of hydrogen-bond donors (Lipinski definition) is 2. The van der Waals surface area contributed by atoms with Crippen molar-refractivity contribution in [1.29, 1.82) is 0 Å². The van der Waals surface area contributed by atoms with Gasteiger partial charge in [0.25, 0.3) is 0 Å². The lowest BCUT2D eigenvalue weighted by molar-refractivity contribution is 0.572. The molecule has 18 heavy (non-hydrogen) atoms. The minimum absolute atomic E-state index is 0.551. The van der Waals surface area contributed by atoms with Gasteiger partial charge in [-0.15, -0.1) is 0 Å². The molecule has 3 heteroatoms. The summed E-state index contributed by atoms with van der Waals surface area (Å²) in [6, 6.07) is 9.01. The summed E-state index contributed by atoms with van der Waals surface area (Å²) < 4.78 is 0. The zero-order chi connectivity index (χ0) is 13.0. The van der Waals surface area contributed by atoms with Crippen LogP contribution in [-0.4, -0.2) is 11.2 Å². The Kier molecular flexibility index (Phi) is 4.59. The van der Waals surface area contributed by atoms with Crippen molar-refractivity contribution >= 4 is 23.0 Å². The molecule has 0 heterocycles. The van der Waals surface area contributed by atoms with Crippen molar-refractivity contribution in [1.82, 2.24) is 5.32 Å². The quantitative estimate of drug-likeness (QED) is 0.812. The summed E-state index contributed by atoms with van der Waals surface area (Å²) in [6.07, 6.45) is 4.85. The Morgan fingerprint density at radius 3 is 2.56 bits per heavy atom. The average molecular weight is 262 g/mol. The van der Waals surface area contributed by atoms with Gasteiger partial charge in [-0.25, -0.2) is 0 Å². The van der Waals surface area contributed by atoms with E-state index in [1.54, 1.807) is 0 Å². The van der Waals surface area contributed by atoms with E-state index in [0.29, 0.717) is 6.04 Å². The SMILES string of the molecule is CCc1ccc(NC(=S)NC2CCC(C)C2)cc1. The molecule has 2 nitrogen and oxygen atoms in total. The number of thiocarbonyl (C=S) groups is 1. The van der Waals surface area contributed by atoms with Gasteiger partial charge in [0.15, 0.2) is 5.11 Å². The van der Waals surface area contributed by atoms with E-state index in [0.717, 1.165) is 23.1 Å². The maximum Gasteiger partial charge on any atom is 0.170 e. The predicted octanol–water partition coefficient (Wildman–Crippen LogP) is 3.72. The number of aryl methyl sites for hydroxylation is 1. The topological polar surface area (TPSA) is 24.1 Å². The first-order valence-electron chi connectivity index (χ1n) is 6.84. The van der Waals surface area contributed by atoms with Gasteiger partial charge >= 0.3 is 0 Å². The molecular weight excluding hydrogens is 240 g/mol. The van der Waals surface area contributed by atoms with Crippen molar-refractivity contribution in [2.45, 2.75) is 45.6 Å². The van der Waals surface area contributed by atoms with Crippen LogP contribution >= 0.6 is 12.2 Å². The fraction of sp³-hybridized carbons (Fsp3) is 0.533. The van der Waals surface area contributed by atoms with Crippen LogP contribution in [0.15, 0.2) is 24.3 Å². The van der Waals surface area contributed by atoms with E-state index in [-0.39, 0.29) is 0 Å². The smallest absolute Gasteiger partial charge is 0.170 e. The van der Waals surface area contributed by atoms with E-state index in [1.807, 2.05) is 0 Å². The molecule has 1 saturated carbocycles. The molecule has 2 unspecified atom stereocenters. The Morgan fingerprint density at radius 2 is 2.00 bits per heavy atom. The van der Waals surface area contributed by atoms with Gasteiger partial charge in [-0.2, -0.15) is 0 Å². The molecule has 0 spiro atoms. The first kappa shape index (κ1) is 13.3. The zero-order valence-corrected chi connectivity index (χ0v) is 12.0. The van der Waals surface area contributed by atoms with Gasteiger partial charge in [0, 0.05) is 11.7 Å². The Balaban J connectivity index is 1.83. The second-order valence-electron chi connectivity index (χ2n) is 5.26. The molecule has 0 saturated heterocycles. The van der Waals surface area contributed by atoms with Crippen molar-refractivity contribution in [3.63, 3.8) is 0 Å². The number of rotatable bonds is 3. The molecule has 1 aliphatic rings. The molecule has 0 amide bonds. The molecule has 2 rings (SSSR count). The molecule has 0 aromatic heterocycles. The molecule has 0 radical (unpaired) electrons. The fourth-order valence-corrected chi connectivity index (χ4v) is 2.80. The van der Waals surface area contributed by atoms with E-state index >= 15 is 0 Å². The monoisotopic (exact) mass is 262 g/mol. The lowest BCUT2D eigenvalue weighted by atomic mass is 10.1. The molecule has 2 N–H and O–H groups in total. The summed E-state index contributed by atoms with van der Waals surface area (Å²) in [7, 11) is 0. The van der Waals surface area contributed by atoms with Crippen molar-refractivity contribution < 1.29 is 0 Å². The van der Waals surface area contributed by atoms with E-state index in [4.69, 9.17) is 12.2 Å². The minimum Gasteiger partial charge on any atom is -0.360 e. The maximum absolute atomic E-state index is 5.35. The average Bonchev–Trinajstić information content (AvgIpc) is 2.75. The Bertz CT molecular complexity index is 399. The van der Waals surface area contributed by atoms with E-state index < -0.39 is 0 Å². The van der Waals surface area contributed by atoms with Crippen LogP contribution in [0.25, 0.3) is 0 Å². The van der Waals surface area contributed by atoms with Gasteiger partial charge in [-0.1, -0.05) is 26.0 Å². The summed E-state index contributed by atoms with van der Waals surface area (Å²) in [4.78, 5) is 0. The van der Waals surface area contributed by atoms with Gasteiger partial charge in [0.1, 0.15) is 0 Å². The first-order chi connectivity index (χ1) is 8.67. The molecule has 2 atom stereocenters. The van der Waals surface area contributed by atoms with Crippen LogP contribution in [0.4, 0.5) is 5.69 Å². The largest absolute Gasteiger partial charge is 0.360 e. The highest BCUT2D eigenvalue weighted by Crippen LogP contribution is 2.24. The summed E-state index contributed by atoms with van der Waals surface area (Å²) in [6.45, 7) is 4.47. The second kappa shape index (κ2) is 6.19. The van der Waals surface area contributed by atoms with E-state index in [2.05, 4.69) is 48.7 Å². The Hall–Kier alpha value is -1.09. The summed E-state index contributed by atoms with van der Waals surface area (Å²) in [5, 5.41) is 7.41. The van der Waals surface area contributed by atoms with Crippen molar-refractivity contribution in [3.8, 4) is 0 Å². The van der Waals surface area contributed by atoms with Crippen molar-refractivity contribution in [2.24, 2.45) is 5.92 Å². The summed E-state index contributed by atoms with van der Waals surface area (Å²) in [5.74, 6) is 0.828. The standard InChI is InChI=1S/C15H22N2S/c1-3-12-5-8-13(9-6-12)16-15(18)17-14-7-4-11(2)10-14/h5-6,8-9,11,14H,3-4,7,10H2,1-2H3,(H2,16,17,18). The molecule has 1 aromatic carbocycles. The van der Waals surface area contributed by atoms with Gasteiger partial charge in [-0.3, -0.25) is 0 Å². The van der Waals surface area contributed by atoms with Crippen molar-refractivity contribution in [3.05, 3.63) is 29.8 Å². The first-order valence-corrected chi connectivity index (χ1v) is 7.24.